The molecule has 4 rings (SSSR count). The number of furan rings is 1. The molecule has 2 aromatic rings. The summed E-state index contributed by atoms with van der Waals surface area (Å²) in [6.07, 6.45) is 2.74. The van der Waals surface area contributed by atoms with Gasteiger partial charge < -0.3 is 18.5 Å². The highest BCUT2D eigenvalue weighted by Gasteiger charge is 2.53. The highest BCUT2D eigenvalue weighted by molar-refractivity contribution is 8.01. The Hall–Kier alpha value is -2.29. The van der Waals surface area contributed by atoms with Crippen molar-refractivity contribution in [3.63, 3.8) is 0 Å². The molecule has 0 aliphatic carbocycles. The average Bonchev–Trinajstić information content (AvgIpc) is 3.31. The normalized spacial score (nSPS) is 26.0. The zero-order valence-electron chi connectivity index (χ0n) is 12.9. The van der Waals surface area contributed by atoms with Crippen molar-refractivity contribution in [2.75, 3.05) is 5.75 Å². The molecule has 2 saturated heterocycles. The first-order valence-electron chi connectivity index (χ1n) is 7.56. The van der Waals surface area contributed by atoms with Crippen molar-refractivity contribution < 1.29 is 23.2 Å². The van der Waals surface area contributed by atoms with Gasteiger partial charge >= 0.3 is 5.97 Å². The van der Waals surface area contributed by atoms with E-state index in [4.69, 9.17) is 13.6 Å². The number of hydrogen-bond donors (Lipinski definition) is 0. The first kappa shape index (κ1) is 15.3. The monoisotopic (exact) mass is 349 g/mol. The van der Waals surface area contributed by atoms with E-state index in [0.29, 0.717) is 17.9 Å². The molecule has 2 atom stereocenters. The smallest absolute Gasteiger partial charge is 0.330 e. The quantitative estimate of drug-likeness (QED) is 0.771. The first-order chi connectivity index (χ1) is 11.6. The number of nitrogens with zero attached hydrogens (tertiary/aromatic N) is 3. The standard InChI is InChI=1S/C15H15N3O5S/c1-15-5-4-12(19)18(15)9(8-24-15)14(20)22-7-11-16-17-13(23-11)10-3-2-6-21-10/h2-3,6,9H,4-5,7-8H2,1H3/t9-,15+/m1/s1. The Morgan fingerprint density at radius 2 is 2.42 bits per heavy atom. The molecule has 1 amide bonds. The van der Waals surface area contributed by atoms with Crippen LogP contribution in [0.15, 0.2) is 27.2 Å². The maximum Gasteiger partial charge on any atom is 0.330 e. The molecular weight excluding hydrogens is 334 g/mol. The minimum Gasteiger partial charge on any atom is -0.459 e. The Bertz CT molecular complexity index is 774. The van der Waals surface area contributed by atoms with Crippen LogP contribution in [-0.4, -0.2) is 43.6 Å². The maximum atomic E-state index is 12.3. The summed E-state index contributed by atoms with van der Waals surface area (Å²) in [4.78, 5) is 25.7. The van der Waals surface area contributed by atoms with E-state index in [-0.39, 0.29) is 29.2 Å². The molecule has 126 valence electrons. The summed E-state index contributed by atoms with van der Waals surface area (Å²) in [5.41, 5.74) is 0. The van der Waals surface area contributed by atoms with Crippen LogP contribution >= 0.6 is 11.8 Å². The fourth-order valence-corrected chi connectivity index (χ4v) is 4.45. The fraction of sp³-hybridized carbons (Fsp3) is 0.467. The molecule has 9 heteroatoms. The van der Waals surface area contributed by atoms with Gasteiger partial charge in [-0.05, 0) is 25.5 Å². The first-order valence-corrected chi connectivity index (χ1v) is 8.54. The summed E-state index contributed by atoms with van der Waals surface area (Å²) in [5.74, 6) is 0.954. The van der Waals surface area contributed by atoms with Crippen molar-refractivity contribution in [3.05, 3.63) is 24.3 Å². The molecule has 0 spiro atoms. The van der Waals surface area contributed by atoms with Gasteiger partial charge in [-0.15, -0.1) is 22.0 Å². The van der Waals surface area contributed by atoms with E-state index in [2.05, 4.69) is 10.2 Å². The maximum absolute atomic E-state index is 12.3. The Labute approximate surface area is 141 Å². The van der Waals surface area contributed by atoms with Crippen LogP contribution in [0.5, 0.6) is 0 Å². The van der Waals surface area contributed by atoms with Gasteiger partial charge in [0.2, 0.25) is 5.91 Å². The molecule has 2 fully saturated rings. The highest BCUT2D eigenvalue weighted by atomic mass is 32.2. The van der Waals surface area contributed by atoms with E-state index >= 15 is 0 Å². The molecule has 0 unspecified atom stereocenters. The zero-order chi connectivity index (χ0) is 16.7. The summed E-state index contributed by atoms with van der Waals surface area (Å²) in [7, 11) is 0. The fourth-order valence-electron chi connectivity index (χ4n) is 3.04. The molecule has 4 heterocycles. The van der Waals surface area contributed by atoms with Crippen molar-refractivity contribution in [2.45, 2.75) is 37.3 Å². The Kier molecular flexibility index (Phi) is 3.60. The van der Waals surface area contributed by atoms with Crippen LogP contribution in [0.25, 0.3) is 11.7 Å². The van der Waals surface area contributed by atoms with E-state index < -0.39 is 12.0 Å². The summed E-state index contributed by atoms with van der Waals surface area (Å²) >= 11 is 1.62. The van der Waals surface area contributed by atoms with Crippen molar-refractivity contribution in [2.24, 2.45) is 0 Å². The SMILES string of the molecule is C[C@]12CCC(=O)N1[C@@H](C(=O)OCc1nnc(-c3ccco3)o1)CS2. The van der Waals surface area contributed by atoms with Crippen molar-refractivity contribution >= 4 is 23.6 Å². The molecule has 2 aromatic heterocycles. The van der Waals surface area contributed by atoms with Crippen LogP contribution in [0.2, 0.25) is 0 Å². The molecule has 24 heavy (non-hydrogen) atoms. The molecule has 2 aliphatic rings. The van der Waals surface area contributed by atoms with Crippen molar-refractivity contribution in [1.29, 1.82) is 0 Å². The second-order valence-electron chi connectivity index (χ2n) is 5.85. The summed E-state index contributed by atoms with van der Waals surface area (Å²) in [6, 6.07) is 2.85. The lowest BCUT2D eigenvalue weighted by atomic mass is 10.2. The lowest BCUT2D eigenvalue weighted by Crippen LogP contribution is -2.46. The van der Waals surface area contributed by atoms with Crippen molar-refractivity contribution in [3.8, 4) is 11.7 Å². The molecule has 2 aliphatic heterocycles. The Morgan fingerprint density at radius 1 is 1.54 bits per heavy atom. The number of hydrogen-bond acceptors (Lipinski definition) is 8. The third kappa shape index (κ3) is 2.48. The van der Waals surface area contributed by atoms with Crippen LogP contribution in [0.3, 0.4) is 0 Å². The number of carbonyl (C=O) groups excluding carboxylic acids is 2. The van der Waals surface area contributed by atoms with Gasteiger partial charge in [0.15, 0.2) is 12.4 Å². The van der Waals surface area contributed by atoms with E-state index in [9.17, 15) is 9.59 Å². The van der Waals surface area contributed by atoms with Gasteiger partial charge in [-0.2, -0.15) is 0 Å². The van der Waals surface area contributed by atoms with E-state index in [0.717, 1.165) is 6.42 Å². The summed E-state index contributed by atoms with van der Waals surface area (Å²) in [6.45, 7) is 1.86. The topological polar surface area (TPSA) is 98.7 Å². The molecule has 0 bridgehead atoms. The molecule has 0 N–H and O–H groups in total. The van der Waals surface area contributed by atoms with Gasteiger partial charge in [-0.25, -0.2) is 4.79 Å². The zero-order valence-corrected chi connectivity index (χ0v) is 13.7. The summed E-state index contributed by atoms with van der Waals surface area (Å²) < 4.78 is 15.8. The number of esters is 1. The van der Waals surface area contributed by atoms with Crippen LogP contribution < -0.4 is 0 Å². The lowest BCUT2D eigenvalue weighted by molar-refractivity contribution is -0.155. The molecule has 0 aromatic carbocycles. The van der Waals surface area contributed by atoms with Crippen LogP contribution in [0, 0.1) is 0 Å². The van der Waals surface area contributed by atoms with Crippen LogP contribution in [0.4, 0.5) is 0 Å². The third-order valence-corrected chi connectivity index (χ3v) is 5.76. The van der Waals surface area contributed by atoms with E-state index in [1.807, 2.05) is 6.92 Å². The number of rotatable bonds is 4. The van der Waals surface area contributed by atoms with Gasteiger partial charge in [0.1, 0.15) is 6.04 Å². The van der Waals surface area contributed by atoms with Gasteiger partial charge in [0.05, 0.1) is 11.1 Å². The molecular formula is C15H15N3O5S. The van der Waals surface area contributed by atoms with E-state index in [1.165, 1.54) is 6.26 Å². The van der Waals surface area contributed by atoms with Gasteiger partial charge in [0, 0.05) is 12.2 Å². The number of ether oxygens (including phenoxy) is 1. The van der Waals surface area contributed by atoms with E-state index in [1.54, 1.807) is 28.8 Å². The molecule has 8 nitrogen and oxygen atoms in total. The third-order valence-electron chi connectivity index (χ3n) is 4.25. The largest absolute Gasteiger partial charge is 0.459 e. The second-order valence-corrected chi connectivity index (χ2v) is 7.35. The Balaban J connectivity index is 1.40. The van der Waals surface area contributed by atoms with Crippen molar-refractivity contribution in [1.82, 2.24) is 15.1 Å². The predicted octanol–water partition coefficient (Wildman–Crippen LogP) is 1.83. The predicted molar refractivity (Wildman–Crippen MR) is 82.5 cm³/mol. The molecule has 0 saturated carbocycles. The number of amides is 1. The minimum atomic E-state index is -0.553. The number of aromatic nitrogens is 2. The summed E-state index contributed by atoms with van der Waals surface area (Å²) in [5, 5.41) is 7.67. The Morgan fingerprint density at radius 3 is 3.21 bits per heavy atom. The number of fused-ring (bicyclic) bond motifs is 1. The lowest BCUT2D eigenvalue weighted by Gasteiger charge is -2.29. The highest BCUT2D eigenvalue weighted by Crippen LogP contribution is 2.47. The molecule has 0 radical (unpaired) electrons. The number of carbonyl (C=O) groups is 2. The number of thioether (sulfide) groups is 1. The van der Waals surface area contributed by atoms with Gasteiger partial charge in [-0.3, -0.25) is 4.79 Å². The van der Waals surface area contributed by atoms with Crippen LogP contribution in [-0.2, 0) is 20.9 Å². The van der Waals surface area contributed by atoms with Gasteiger partial charge in [0.25, 0.3) is 11.8 Å². The minimum absolute atomic E-state index is 0.00217. The second kappa shape index (κ2) is 5.66. The average molecular weight is 349 g/mol. The van der Waals surface area contributed by atoms with Crippen LogP contribution in [0.1, 0.15) is 25.7 Å². The van der Waals surface area contributed by atoms with Gasteiger partial charge in [-0.1, -0.05) is 0 Å².